The molecule has 1 fully saturated rings. The minimum atomic E-state index is -0.866. The molecule has 104 valence electrons. The van der Waals surface area contributed by atoms with Gasteiger partial charge in [0.25, 0.3) is 5.91 Å². The SMILES string of the molecule is CC1(C(=O)O)CCN(C(=O)c2cnn3ncccc23)C1. The Kier molecular flexibility index (Phi) is 2.70. The summed E-state index contributed by atoms with van der Waals surface area (Å²) in [5.74, 6) is -1.06. The topological polar surface area (TPSA) is 87.8 Å². The molecule has 3 heterocycles. The summed E-state index contributed by atoms with van der Waals surface area (Å²) in [7, 11) is 0. The lowest BCUT2D eigenvalue weighted by Gasteiger charge is -2.19. The maximum Gasteiger partial charge on any atom is 0.311 e. The van der Waals surface area contributed by atoms with Gasteiger partial charge >= 0.3 is 5.97 Å². The summed E-state index contributed by atoms with van der Waals surface area (Å²) in [4.78, 5) is 25.3. The van der Waals surface area contributed by atoms with Crippen LogP contribution in [0.15, 0.2) is 24.5 Å². The second-order valence-electron chi connectivity index (χ2n) is 5.30. The Morgan fingerprint density at radius 3 is 2.90 bits per heavy atom. The smallest absolute Gasteiger partial charge is 0.311 e. The monoisotopic (exact) mass is 274 g/mol. The summed E-state index contributed by atoms with van der Waals surface area (Å²) in [6, 6.07) is 3.50. The van der Waals surface area contributed by atoms with E-state index in [1.807, 2.05) is 0 Å². The van der Waals surface area contributed by atoms with E-state index in [-0.39, 0.29) is 12.5 Å². The van der Waals surface area contributed by atoms with Crippen LogP contribution in [0.2, 0.25) is 0 Å². The molecule has 20 heavy (non-hydrogen) atoms. The minimum absolute atomic E-state index is 0.196. The average Bonchev–Trinajstić information content (AvgIpc) is 3.03. The number of hydrogen-bond acceptors (Lipinski definition) is 4. The van der Waals surface area contributed by atoms with Gasteiger partial charge in [-0.05, 0) is 25.5 Å². The quantitative estimate of drug-likeness (QED) is 0.869. The predicted molar refractivity (Wildman–Crippen MR) is 69.3 cm³/mol. The Balaban J connectivity index is 1.89. The Morgan fingerprint density at radius 1 is 1.40 bits per heavy atom. The number of aromatic nitrogens is 3. The molecule has 1 N–H and O–H groups in total. The number of fused-ring (bicyclic) bond motifs is 1. The highest BCUT2D eigenvalue weighted by atomic mass is 16.4. The van der Waals surface area contributed by atoms with E-state index in [9.17, 15) is 14.7 Å². The highest BCUT2D eigenvalue weighted by Gasteiger charge is 2.42. The first-order valence-corrected chi connectivity index (χ1v) is 6.33. The van der Waals surface area contributed by atoms with E-state index in [0.717, 1.165) is 0 Å². The second-order valence-corrected chi connectivity index (χ2v) is 5.30. The fourth-order valence-electron chi connectivity index (χ4n) is 2.48. The van der Waals surface area contributed by atoms with Crippen LogP contribution in [-0.2, 0) is 4.79 Å². The maximum absolute atomic E-state index is 12.5. The van der Waals surface area contributed by atoms with Gasteiger partial charge < -0.3 is 10.0 Å². The van der Waals surface area contributed by atoms with Crippen molar-refractivity contribution >= 4 is 17.4 Å². The molecule has 1 amide bonds. The Morgan fingerprint density at radius 2 is 2.20 bits per heavy atom. The zero-order valence-electron chi connectivity index (χ0n) is 11.0. The number of likely N-dealkylation sites (tertiary alicyclic amines) is 1. The van der Waals surface area contributed by atoms with Crippen molar-refractivity contribution in [3.63, 3.8) is 0 Å². The van der Waals surface area contributed by atoms with Crippen molar-refractivity contribution in [3.05, 3.63) is 30.1 Å². The van der Waals surface area contributed by atoms with E-state index in [1.54, 1.807) is 30.2 Å². The van der Waals surface area contributed by atoms with Crippen LogP contribution < -0.4 is 0 Å². The molecule has 1 saturated heterocycles. The second kappa shape index (κ2) is 4.29. The zero-order valence-corrected chi connectivity index (χ0v) is 11.0. The van der Waals surface area contributed by atoms with Crippen molar-refractivity contribution in [3.8, 4) is 0 Å². The van der Waals surface area contributed by atoms with Gasteiger partial charge in [0.05, 0.1) is 17.2 Å². The van der Waals surface area contributed by atoms with Crippen molar-refractivity contribution in [1.82, 2.24) is 19.7 Å². The molecule has 3 rings (SSSR count). The van der Waals surface area contributed by atoms with Crippen molar-refractivity contribution < 1.29 is 14.7 Å². The van der Waals surface area contributed by atoms with Crippen molar-refractivity contribution in [2.24, 2.45) is 5.41 Å². The normalized spacial score (nSPS) is 22.4. The van der Waals surface area contributed by atoms with Crippen LogP contribution in [0.25, 0.3) is 5.52 Å². The molecular formula is C13H14N4O3. The van der Waals surface area contributed by atoms with Crippen LogP contribution in [-0.4, -0.2) is 49.8 Å². The fraction of sp³-hybridized carbons (Fsp3) is 0.385. The van der Waals surface area contributed by atoms with E-state index in [2.05, 4.69) is 10.2 Å². The lowest BCUT2D eigenvalue weighted by Crippen LogP contribution is -2.34. The summed E-state index contributed by atoms with van der Waals surface area (Å²) >= 11 is 0. The molecule has 1 aliphatic rings. The molecule has 2 aromatic rings. The highest BCUT2D eigenvalue weighted by molar-refractivity contribution is 6.01. The van der Waals surface area contributed by atoms with Crippen LogP contribution in [0.4, 0.5) is 0 Å². The van der Waals surface area contributed by atoms with Crippen LogP contribution in [0, 0.1) is 5.41 Å². The van der Waals surface area contributed by atoms with E-state index in [0.29, 0.717) is 24.0 Å². The Bertz CT molecular complexity index is 696. The third-order valence-corrected chi connectivity index (χ3v) is 3.81. The van der Waals surface area contributed by atoms with Gasteiger partial charge in [-0.1, -0.05) is 0 Å². The van der Waals surface area contributed by atoms with Gasteiger partial charge in [-0.2, -0.15) is 14.8 Å². The minimum Gasteiger partial charge on any atom is -0.481 e. The number of hydrogen-bond donors (Lipinski definition) is 1. The molecule has 0 radical (unpaired) electrons. The molecule has 0 saturated carbocycles. The summed E-state index contributed by atoms with van der Waals surface area (Å²) < 4.78 is 1.39. The summed E-state index contributed by atoms with van der Waals surface area (Å²) in [6.45, 7) is 2.33. The number of aliphatic carboxylic acids is 1. The highest BCUT2D eigenvalue weighted by Crippen LogP contribution is 2.31. The number of carboxylic acid groups (broad SMARTS) is 1. The molecular weight excluding hydrogens is 260 g/mol. The summed E-state index contributed by atoms with van der Waals surface area (Å²) in [6.07, 6.45) is 3.53. The maximum atomic E-state index is 12.5. The number of carboxylic acids is 1. The predicted octanol–water partition coefficient (Wildman–Crippen LogP) is 0.666. The van der Waals surface area contributed by atoms with Gasteiger partial charge in [0.15, 0.2) is 0 Å². The number of amides is 1. The molecule has 0 aromatic carbocycles. The Labute approximate surface area is 114 Å². The van der Waals surface area contributed by atoms with Gasteiger partial charge in [0, 0.05) is 19.3 Å². The van der Waals surface area contributed by atoms with Crippen molar-refractivity contribution in [1.29, 1.82) is 0 Å². The van der Waals surface area contributed by atoms with Gasteiger partial charge in [0.2, 0.25) is 0 Å². The van der Waals surface area contributed by atoms with E-state index < -0.39 is 11.4 Å². The first kappa shape index (κ1) is 12.6. The average molecular weight is 274 g/mol. The lowest BCUT2D eigenvalue weighted by molar-refractivity contribution is -0.147. The third kappa shape index (κ3) is 1.82. The van der Waals surface area contributed by atoms with Crippen molar-refractivity contribution in [2.45, 2.75) is 13.3 Å². The Hall–Kier alpha value is -2.44. The molecule has 1 atom stereocenters. The van der Waals surface area contributed by atoms with Gasteiger partial charge in [-0.25, -0.2) is 0 Å². The zero-order chi connectivity index (χ0) is 14.3. The molecule has 2 aromatic heterocycles. The number of carbonyl (C=O) groups excluding carboxylic acids is 1. The summed E-state index contributed by atoms with van der Waals surface area (Å²) in [5.41, 5.74) is 0.214. The fourth-order valence-corrected chi connectivity index (χ4v) is 2.48. The third-order valence-electron chi connectivity index (χ3n) is 3.81. The molecule has 0 aliphatic carbocycles. The van der Waals surface area contributed by atoms with Crippen LogP contribution >= 0.6 is 0 Å². The molecule has 1 aliphatic heterocycles. The van der Waals surface area contributed by atoms with Gasteiger partial charge in [-0.3, -0.25) is 9.59 Å². The van der Waals surface area contributed by atoms with Crippen LogP contribution in [0.3, 0.4) is 0 Å². The first-order chi connectivity index (χ1) is 9.51. The molecule has 0 spiro atoms. The summed E-state index contributed by atoms with van der Waals surface area (Å²) in [5, 5.41) is 17.2. The van der Waals surface area contributed by atoms with Crippen LogP contribution in [0.1, 0.15) is 23.7 Å². The lowest BCUT2D eigenvalue weighted by atomic mass is 9.90. The molecule has 7 nitrogen and oxygen atoms in total. The van der Waals surface area contributed by atoms with Crippen LogP contribution in [0.5, 0.6) is 0 Å². The first-order valence-electron chi connectivity index (χ1n) is 6.33. The molecule has 0 bridgehead atoms. The van der Waals surface area contributed by atoms with E-state index in [4.69, 9.17) is 0 Å². The van der Waals surface area contributed by atoms with Gasteiger partial charge in [0.1, 0.15) is 5.52 Å². The number of carbonyl (C=O) groups is 2. The number of nitrogens with zero attached hydrogens (tertiary/aromatic N) is 4. The largest absolute Gasteiger partial charge is 0.481 e. The standard InChI is InChI=1S/C13H14N4O3/c1-13(12(19)20)4-6-16(8-13)11(18)9-7-15-17-10(9)3-2-5-14-17/h2-3,5,7H,4,6,8H2,1H3,(H,19,20). The molecule has 1 unspecified atom stereocenters. The van der Waals surface area contributed by atoms with E-state index >= 15 is 0 Å². The van der Waals surface area contributed by atoms with Crippen molar-refractivity contribution in [2.75, 3.05) is 13.1 Å². The molecule has 7 heteroatoms. The number of rotatable bonds is 2. The van der Waals surface area contributed by atoms with E-state index in [1.165, 1.54) is 10.8 Å². The van der Waals surface area contributed by atoms with Gasteiger partial charge in [-0.15, -0.1) is 0 Å².